The standard InChI is InChI=1S/C12H17N2O5S.Na/c1-12(2)18-10(7-17-20(14,15)16)11(19-12)8-5-3-4-6-9(8)13;/h3-6,10-11H,7,13H2,1-2H3,(H-,14,15,16);/q-1;+1/t10-,11-;/m0./s1. The Bertz CT molecular complexity index is 593. The number of hydrogen-bond acceptors (Lipinski definition) is 6. The molecule has 1 aliphatic rings. The molecule has 1 fully saturated rings. The minimum Gasteiger partial charge on any atom is -0.540 e. The summed E-state index contributed by atoms with van der Waals surface area (Å²) in [5, 5.41) is 6.74. The first-order valence-corrected chi connectivity index (χ1v) is 7.43. The molecule has 2 atom stereocenters. The molecule has 2 rings (SSSR count). The van der Waals surface area contributed by atoms with Gasteiger partial charge in [-0.15, -0.1) is 0 Å². The van der Waals surface area contributed by atoms with Crippen LogP contribution in [0.5, 0.6) is 0 Å². The number of ether oxygens (including phenoxy) is 2. The molecule has 21 heavy (non-hydrogen) atoms. The zero-order chi connectivity index (χ0) is 15.0. The van der Waals surface area contributed by atoms with E-state index in [1.54, 1.807) is 38.1 Å². The van der Waals surface area contributed by atoms with Gasteiger partial charge in [-0.05, 0) is 19.9 Å². The Balaban J connectivity index is 0.00000220. The van der Waals surface area contributed by atoms with Crippen molar-refractivity contribution in [2.24, 2.45) is 0 Å². The van der Waals surface area contributed by atoms with Crippen LogP contribution >= 0.6 is 0 Å². The zero-order valence-electron chi connectivity index (χ0n) is 12.2. The second-order valence-electron chi connectivity index (χ2n) is 4.96. The third-order valence-corrected chi connectivity index (χ3v) is 3.32. The third kappa shape index (κ3) is 5.19. The molecule has 1 aliphatic heterocycles. The molecule has 0 spiro atoms. The summed E-state index contributed by atoms with van der Waals surface area (Å²) in [5.74, 6) is -0.882. The Labute approximate surface area is 146 Å². The average Bonchev–Trinajstić information content (AvgIpc) is 2.62. The van der Waals surface area contributed by atoms with Gasteiger partial charge in [0.25, 0.3) is 0 Å². The van der Waals surface area contributed by atoms with Crippen LogP contribution in [0.2, 0.25) is 0 Å². The smallest absolute Gasteiger partial charge is 0.540 e. The molecule has 1 heterocycles. The first-order chi connectivity index (χ1) is 9.18. The number of anilines is 1. The first kappa shape index (κ1) is 18.9. The van der Waals surface area contributed by atoms with E-state index in [1.807, 2.05) is 0 Å². The maximum Gasteiger partial charge on any atom is 1.00 e. The maximum absolute atomic E-state index is 10.8. The van der Waals surface area contributed by atoms with E-state index in [-0.39, 0.29) is 36.2 Å². The number of nitrogens with one attached hydrogen (secondary N) is 1. The molecular formula is C12H17N2NaO5S. The number of nitrogens with two attached hydrogens (primary N) is 1. The number of rotatable bonds is 4. The molecule has 7 nitrogen and oxygen atoms in total. The van der Waals surface area contributed by atoms with Crippen molar-refractivity contribution in [3.8, 4) is 0 Å². The quantitative estimate of drug-likeness (QED) is 0.549. The molecule has 3 N–H and O–H groups in total. The number of benzene rings is 1. The summed E-state index contributed by atoms with van der Waals surface area (Å²) in [6.07, 6.45) is -1.21. The van der Waals surface area contributed by atoms with Gasteiger partial charge in [-0.2, -0.15) is 0 Å². The van der Waals surface area contributed by atoms with Gasteiger partial charge in [0.15, 0.2) is 16.1 Å². The number of hydrogen-bond donors (Lipinski definition) is 1. The third-order valence-electron chi connectivity index (χ3n) is 2.87. The van der Waals surface area contributed by atoms with Crippen LogP contribution in [0.25, 0.3) is 5.14 Å². The SMILES string of the molecule is CC1(C)O[C@@H](COS([NH-])(=O)=O)[C@H](c2ccccc2N)O1.[Na+]. The molecule has 0 aliphatic carbocycles. The molecule has 0 radical (unpaired) electrons. The van der Waals surface area contributed by atoms with Crippen molar-refractivity contribution in [1.82, 2.24) is 0 Å². The van der Waals surface area contributed by atoms with Crippen LogP contribution in [-0.2, 0) is 24.0 Å². The summed E-state index contributed by atoms with van der Waals surface area (Å²) in [7, 11) is -4.28. The second kappa shape index (κ2) is 6.93. The van der Waals surface area contributed by atoms with Crippen molar-refractivity contribution in [1.29, 1.82) is 0 Å². The molecule has 1 aromatic rings. The minimum atomic E-state index is -4.28. The van der Waals surface area contributed by atoms with Gasteiger partial charge in [-0.25, -0.2) is 8.42 Å². The molecule has 112 valence electrons. The fourth-order valence-electron chi connectivity index (χ4n) is 2.15. The zero-order valence-corrected chi connectivity index (χ0v) is 15.0. The predicted molar refractivity (Wildman–Crippen MR) is 72.8 cm³/mol. The van der Waals surface area contributed by atoms with Crippen molar-refractivity contribution in [3.05, 3.63) is 35.0 Å². The van der Waals surface area contributed by atoms with E-state index in [2.05, 4.69) is 4.18 Å². The fraction of sp³-hybridized carbons (Fsp3) is 0.500. The minimum absolute atomic E-state index is 0. The Morgan fingerprint density at radius 3 is 2.52 bits per heavy atom. The van der Waals surface area contributed by atoms with Crippen LogP contribution in [-0.4, -0.2) is 26.9 Å². The molecule has 9 heteroatoms. The molecule has 0 unspecified atom stereocenters. The van der Waals surface area contributed by atoms with E-state index in [9.17, 15) is 8.42 Å². The van der Waals surface area contributed by atoms with Crippen molar-refractivity contribution in [3.63, 3.8) is 0 Å². The Morgan fingerprint density at radius 2 is 1.95 bits per heavy atom. The van der Waals surface area contributed by atoms with Crippen molar-refractivity contribution in [2.45, 2.75) is 31.8 Å². The van der Waals surface area contributed by atoms with Gasteiger partial charge in [0.05, 0.1) is 6.61 Å². The van der Waals surface area contributed by atoms with Crippen LogP contribution < -0.4 is 35.3 Å². The average molecular weight is 324 g/mol. The van der Waals surface area contributed by atoms with E-state index in [0.29, 0.717) is 11.3 Å². The van der Waals surface area contributed by atoms with Gasteiger partial charge >= 0.3 is 29.6 Å². The Morgan fingerprint density at radius 1 is 1.33 bits per heavy atom. The molecule has 1 saturated heterocycles. The maximum atomic E-state index is 10.8. The topological polar surface area (TPSA) is 112 Å². The predicted octanol–water partition coefficient (Wildman–Crippen LogP) is -1.22. The van der Waals surface area contributed by atoms with Crippen LogP contribution in [0.1, 0.15) is 25.5 Å². The van der Waals surface area contributed by atoms with E-state index < -0.39 is 28.3 Å². The Hall–Kier alpha value is -0.190. The van der Waals surface area contributed by atoms with E-state index in [0.717, 1.165) is 0 Å². The van der Waals surface area contributed by atoms with E-state index in [1.165, 1.54) is 0 Å². The summed E-state index contributed by atoms with van der Waals surface area (Å²) in [5.41, 5.74) is 7.13. The second-order valence-corrected chi connectivity index (χ2v) is 6.11. The van der Waals surface area contributed by atoms with Crippen LogP contribution in [0.3, 0.4) is 0 Å². The summed E-state index contributed by atoms with van der Waals surface area (Å²) >= 11 is 0. The number of nitrogen functional groups attached to an aromatic ring is 1. The molecule has 0 amide bonds. The summed E-state index contributed by atoms with van der Waals surface area (Å²) in [6, 6.07) is 7.11. The largest absolute Gasteiger partial charge is 1.00 e. The molecule has 1 aromatic carbocycles. The Kier molecular flexibility index (Phi) is 6.22. The summed E-state index contributed by atoms with van der Waals surface area (Å²) < 4.78 is 37.4. The van der Waals surface area contributed by atoms with Gasteiger partial charge in [0, 0.05) is 11.3 Å². The molecule has 0 bridgehead atoms. The van der Waals surface area contributed by atoms with Gasteiger partial charge < -0.3 is 20.3 Å². The van der Waals surface area contributed by atoms with E-state index >= 15 is 0 Å². The normalized spacial score (nSPS) is 24.5. The monoisotopic (exact) mass is 324 g/mol. The van der Waals surface area contributed by atoms with Crippen LogP contribution in [0.4, 0.5) is 5.69 Å². The molecule has 0 saturated carbocycles. The van der Waals surface area contributed by atoms with Gasteiger partial charge in [-0.1, -0.05) is 18.2 Å². The van der Waals surface area contributed by atoms with Crippen LogP contribution in [0, 0.1) is 0 Å². The summed E-state index contributed by atoms with van der Waals surface area (Å²) in [4.78, 5) is 0. The van der Waals surface area contributed by atoms with Crippen LogP contribution in [0.15, 0.2) is 24.3 Å². The van der Waals surface area contributed by atoms with Gasteiger partial charge in [0.1, 0.15) is 12.2 Å². The fourth-order valence-corrected chi connectivity index (χ4v) is 2.46. The number of para-hydroxylation sites is 1. The molecular weight excluding hydrogens is 307 g/mol. The van der Waals surface area contributed by atoms with Crippen molar-refractivity contribution < 1.29 is 51.6 Å². The summed E-state index contributed by atoms with van der Waals surface area (Å²) in [6.45, 7) is 3.14. The molecule has 0 aromatic heterocycles. The first-order valence-electron chi connectivity index (χ1n) is 6.02. The van der Waals surface area contributed by atoms with Crippen molar-refractivity contribution >= 4 is 16.0 Å². The van der Waals surface area contributed by atoms with Gasteiger partial charge in [0.2, 0.25) is 0 Å². The van der Waals surface area contributed by atoms with Gasteiger partial charge in [-0.3, -0.25) is 4.18 Å². The van der Waals surface area contributed by atoms with E-state index in [4.69, 9.17) is 20.3 Å². The van der Waals surface area contributed by atoms with Crippen molar-refractivity contribution in [2.75, 3.05) is 12.3 Å².